The highest BCUT2D eigenvalue weighted by Crippen LogP contribution is 2.29. The van der Waals surface area contributed by atoms with Gasteiger partial charge in [-0.15, -0.1) is 11.6 Å². The highest BCUT2D eigenvalue weighted by Gasteiger charge is 2.16. The van der Waals surface area contributed by atoms with Crippen molar-refractivity contribution in [2.24, 2.45) is 0 Å². The Kier molecular flexibility index (Phi) is 4.43. The Morgan fingerprint density at radius 1 is 1.25 bits per heavy atom. The summed E-state index contributed by atoms with van der Waals surface area (Å²) in [6, 6.07) is 6.83. The van der Waals surface area contributed by atoms with Crippen molar-refractivity contribution in [3.63, 3.8) is 0 Å². The van der Waals surface area contributed by atoms with Crippen molar-refractivity contribution in [1.82, 2.24) is 0 Å². The Bertz CT molecular complexity index is 347. The molecule has 0 spiro atoms. The third-order valence-electron chi connectivity index (χ3n) is 3.22. The summed E-state index contributed by atoms with van der Waals surface area (Å²) in [6.07, 6.45) is 1.05. The van der Waals surface area contributed by atoms with Gasteiger partial charge in [-0.25, -0.2) is 0 Å². The summed E-state index contributed by atoms with van der Waals surface area (Å²) in [4.78, 5) is 0. The van der Waals surface area contributed by atoms with Crippen molar-refractivity contribution in [1.29, 1.82) is 0 Å². The van der Waals surface area contributed by atoms with Gasteiger partial charge in [0.15, 0.2) is 0 Å². The zero-order chi connectivity index (χ0) is 12.3. The van der Waals surface area contributed by atoms with Gasteiger partial charge in [-0.05, 0) is 41.4 Å². The van der Waals surface area contributed by atoms with E-state index in [1.165, 1.54) is 16.7 Å². The van der Waals surface area contributed by atoms with Crippen LogP contribution < -0.4 is 0 Å². The normalized spacial score (nSPS) is 13.9. The average molecular weight is 239 g/mol. The van der Waals surface area contributed by atoms with Gasteiger partial charge in [-0.1, -0.05) is 45.9 Å². The predicted octanol–water partition coefficient (Wildman–Crippen LogP) is 5.02. The van der Waals surface area contributed by atoms with Crippen LogP contribution in [-0.2, 0) is 5.41 Å². The third-order valence-corrected chi connectivity index (χ3v) is 3.44. The molecule has 0 bridgehead atoms. The van der Waals surface area contributed by atoms with E-state index in [2.05, 4.69) is 52.8 Å². The molecule has 0 N–H and O–H groups in total. The Morgan fingerprint density at radius 2 is 1.88 bits per heavy atom. The number of halogens is 1. The summed E-state index contributed by atoms with van der Waals surface area (Å²) in [5, 5.41) is 0. The second-order valence-electron chi connectivity index (χ2n) is 5.70. The van der Waals surface area contributed by atoms with Gasteiger partial charge in [0.2, 0.25) is 0 Å². The zero-order valence-corrected chi connectivity index (χ0v) is 11.9. The van der Waals surface area contributed by atoms with Crippen LogP contribution in [0.1, 0.15) is 56.7 Å². The first-order valence-electron chi connectivity index (χ1n) is 6.03. The van der Waals surface area contributed by atoms with Crippen LogP contribution in [0.15, 0.2) is 18.2 Å². The van der Waals surface area contributed by atoms with Gasteiger partial charge in [0.25, 0.3) is 0 Å². The SMILES string of the molecule is Cc1ccc(C(C)(C)C)cc1C(C)CCCl. The lowest BCUT2D eigenvalue weighted by molar-refractivity contribution is 0.587. The van der Waals surface area contributed by atoms with Crippen molar-refractivity contribution in [2.75, 3.05) is 5.88 Å². The number of alkyl halides is 1. The standard InChI is InChI=1S/C15H23Cl/c1-11-6-7-13(15(3,4)5)10-14(11)12(2)8-9-16/h6-7,10,12H,8-9H2,1-5H3. The van der Waals surface area contributed by atoms with Crippen LogP contribution in [0.3, 0.4) is 0 Å². The summed E-state index contributed by atoms with van der Waals surface area (Å²) in [5.74, 6) is 1.29. The van der Waals surface area contributed by atoms with E-state index >= 15 is 0 Å². The van der Waals surface area contributed by atoms with E-state index in [1.54, 1.807) is 0 Å². The number of rotatable bonds is 3. The average Bonchev–Trinajstić information content (AvgIpc) is 2.16. The molecule has 0 heterocycles. The summed E-state index contributed by atoms with van der Waals surface area (Å²) in [5.41, 5.74) is 4.47. The van der Waals surface area contributed by atoms with Crippen LogP contribution >= 0.6 is 11.6 Å². The van der Waals surface area contributed by atoms with Gasteiger partial charge in [0.1, 0.15) is 0 Å². The topological polar surface area (TPSA) is 0 Å². The van der Waals surface area contributed by atoms with E-state index in [4.69, 9.17) is 11.6 Å². The molecule has 1 heteroatoms. The largest absolute Gasteiger partial charge is 0.127 e. The van der Waals surface area contributed by atoms with Crippen molar-refractivity contribution in [3.05, 3.63) is 34.9 Å². The van der Waals surface area contributed by atoms with E-state index in [-0.39, 0.29) is 5.41 Å². The highest BCUT2D eigenvalue weighted by molar-refractivity contribution is 6.17. The van der Waals surface area contributed by atoms with Crippen molar-refractivity contribution in [3.8, 4) is 0 Å². The Hall–Kier alpha value is -0.490. The van der Waals surface area contributed by atoms with Gasteiger partial charge in [-0.3, -0.25) is 0 Å². The fraction of sp³-hybridized carbons (Fsp3) is 0.600. The maximum atomic E-state index is 5.83. The van der Waals surface area contributed by atoms with Crippen LogP contribution in [0.2, 0.25) is 0 Å². The van der Waals surface area contributed by atoms with E-state index in [9.17, 15) is 0 Å². The van der Waals surface area contributed by atoms with E-state index in [0.29, 0.717) is 5.92 Å². The molecule has 0 fully saturated rings. The second kappa shape index (κ2) is 5.23. The molecule has 0 aliphatic rings. The molecule has 0 saturated heterocycles. The van der Waals surface area contributed by atoms with Crippen molar-refractivity contribution >= 4 is 11.6 Å². The number of benzene rings is 1. The first kappa shape index (κ1) is 13.6. The summed E-state index contributed by atoms with van der Waals surface area (Å²) < 4.78 is 0. The predicted molar refractivity (Wildman–Crippen MR) is 73.6 cm³/mol. The Morgan fingerprint density at radius 3 is 2.38 bits per heavy atom. The van der Waals surface area contributed by atoms with Gasteiger partial charge in [0, 0.05) is 5.88 Å². The van der Waals surface area contributed by atoms with E-state index in [1.807, 2.05) is 0 Å². The van der Waals surface area contributed by atoms with Crippen LogP contribution in [0, 0.1) is 6.92 Å². The van der Waals surface area contributed by atoms with Crippen LogP contribution in [0.25, 0.3) is 0 Å². The molecule has 1 aromatic carbocycles. The third kappa shape index (κ3) is 3.25. The van der Waals surface area contributed by atoms with Crippen molar-refractivity contribution < 1.29 is 0 Å². The Balaban J connectivity index is 3.09. The lowest BCUT2D eigenvalue weighted by atomic mass is 9.83. The molecule has 0 aliphatic carbocycles. The molecule has 0 nitrogen and oxygen atoms in total. The summed E-state index contributed by atoms with van der Waals surface area (Å²) >= 11 is 5.83. The molecule has 0 aliphatic heterocycles. The smallest absolute Gasteiger partial charge is 0.0229 e. The monoisotopic (exact) mass is 238 g/mol. The summed E-state index contributed by atoms with van der Waals surface area (Å²) in [7, 11) is 0. The molecule has 16 heavy (non-hydrogen) atoms. The first-order chi connectivity index (χ1) is 7.36. The molecule has 1 unspecified atom stereocenters. The molecule has 1 rings (SSSR count). The maximum Gasteiger partial charge on any atom is 0.0229 e. The lowest BCUT2D eigenvalue weighted by Gasteiger charge is -2.22. The quantitative estimate of drug-likeness (QED) is 0.649. The van der Waals surface area contributed by atoms with Gasteiger partial charge >= 0.3 is 0 Å². The number of hydrogen-bond donors (Lipinski definition) is 0. The zero-order valence-electron chi connectivity index (χ0n) is 11.1. The molecular formula is C15H23Cl. The fourth-order valence-electron chi connectivity index (χ4n) is 1.96. The van der Waals surface area contributed by atoms with Crippen LogP contribution in [0.4, 0.5) is 0 Å². The summed E-state index contributed by atoms with van der Waals surface area (Å²) in [6.45, 7) is 11.2. The maximum absolute atomic E-state index is 5.83. The lowest BCUT2D eigenvalue weighted by Crippen LogP contribution is -2.12. The van der Waals surface area contributed by atoms with E-state index in [0.717, 1.165) is 12.3 Å². The number of aryl methyl sites for hydroxylation is 1. The molecular weight excluding hydrogens is 216 g/mol. The minimum atomic E-state index is 0.225. The molecule has 0 amide bonds. The van der Waals surface area contributed by atoms with E-state index < -0.39 is 0 Å². The minimum Gasteiger partial charge on any atom is -0.127 e. The molecule has 1 aromatic rings. The minimum absolute atomic E-state index is 0.225. The van der Waals surface area contributed by atoms with Crippen LogP contribution in [0.5, 0.6) is 0 Å². The molecule has 90 valence electrons. The second-order valence-corrected chi connectivity index (χ2v) is 6.08. The van der Waals surface area contributed by atoms with Crippen molar-refractivity contribution in [2.45, 2.75) is 52.4 Å². The molecule has 0 aromatic heterocycles. The Labute approximate surface area is 105 Å². The molecule has 0 saturated carbocycles. The van der Waals surface area contributed by atoms with Crippen LogP contribution in [-0.4, -0.2) is 5.88 Å². The van der Waals surface area contributed by atoms with Gasteiger partial charge in [0.05, 0.1) is 0 Å². The fourth-order valence-corrected chi connectivity index (χ4v) is 2.28. The highest BCUT2D eigenvalue weighted by atomic mass is 35.5. The molecule has 1 atom stereocenters. The number of hydrogen-bond acceptors (Lipinski definition) is 0. The first-order valence-corrected chi connectivity index (χ1v) is 6.56. The van der Waals surface area contributed by atoms with Gasteiger partial charge in [-0.2, -0.15) is 0 Å². The van der Waals surface area contributed by atoms with Gasteiger partial charge < -0.3 is 0 Å². The molecule has 0 radical (unpaired) electrons.